The predicted molar refractivity (Wildman–Crippen MR) is 79.9 cm³/mol. The summed E-state index contributed by atoms with van der Waals surface area (Å²) in [5, 5.41) is 1.98. The monoisotopic (exact) mass is 312 g/mol. The van der Waals surface area contributed by atoms with Gasteiger partial charge in [0.25, 0.3) is 0 Å². The van der Waals surface area contributed by atoms with Gasteiger partial charge in [0.1, 0.15) is 5.82 Å². The van der Waals surface area contributed by atoms with Crippen LogP contribution in [-0.4, -0.2) is 31.3 Å². The Kier molecular flexibility index (Phi) is 4.71. The minimum atomic E-state index is -3.52. The number of hydrogen-bond acceptors (Lipinski definition) is 6. The molecule has 0 radical (unpaired) electrons. The van der Waals surface area contributed by atoms with Crippen LogP contribution >= 0.6 is 11.3 Å². The minimum Gasteiger partial charge on any atom is -0.308 e. The summed E-state index contributed by atoms with van der Waals surface area (Å²) in [6, 6.07) is 6.82. The molecule has 8 heteroatoms. The molecular formula is C12H16N4O2S2. The number of sulfonamides is 1. The second kappa shape index (κ2) is 6.31. The number of nitrogens with two attached hydrogens (primary N) is 1. The molecule has 0 spiro atoms. The zero-order valence-corrected chi connectivity index (χ0v) is 12.6. The fourth-order valence-corrected chi connectivity index (χ4v) is 3.56. The molecule has 0 atom stereocenters. The van der Waals surface area contributed by atoms with E-state index in [2.05, 4.69) is 10.4 Å². The van der Waals surface area contributed by atoms with Crippen molar-refractivity contribution < 1.29 is 8.42 Å². The summed E-state index contributed by atoms with van der Waals surface area (Å²) in [6.07, 6.45) is 2.11. The van der Waals surface area contributed by atoms with Gasteiger partial charge in [-0.15, -0.1) is 11.3 Å². The summed E-state index contributed by atoms with van der Waals surface area (Å²) >= 11 is 1.62. The third-order valence-electron chi connectivity index (χ3n) is 2.84. The van der Waals surface area contributed by atoms with Crippen LogP contribution in [0.4, 0.5) is 5.82 Å². The molecule has 2 aromatic heterocycles. The molecule has 2 heterocycles. The highest BCUT2D eigenvalue weighted by molar-refractivity contribution is 7.89. The molecule has 0 saturated carbocycles. The number of anilines is 1. The van der Waals surface area contributed by atoms with Gasteiger partial charge in [-0.3, -0.25) is 0 Å². The number of rotatable bonds is 6. The highest BCUT2D eigenvalue weighted by atomic mass is 32.2. The Morgan fingerprint density at radius 2 is 2.25 bits per heavy atom. The number of thiophene rings is 1. The van der Waals surface area contributed by atoms with E-state index in [1.807, 2.05) is 17.5 Å². The molecule has 0 amide bonds. The van der Waals surface area contributed by atoms with E-state index in [9.17, 15) is 8.42 Å². The quantitative estimate of drug-likeness (QED) is 0.620. The summed E-state index contributed by atoms with van der Waals surface area (Å²) in [6.45, 7) is 0.427. The maximum absolute atomic E-state index is 12.4. The molecule has 108 valence electrons. The Morgan fingerprint density at radius 3 is 2.90 bits per heavy atom. The molecular weight excluding hydrogens is 296 g/mol. The topological polar surface area (TPSA) is 88.3 Å². The van der Waals surface area contributed by atoms with Crippen LogP contribution in [0, 0.1) is 0 Å². The van der Waals surface area contributed by atoms with E-state index in [-0.39, 0.29) is 4.90 Å². The van der Waals surface area contributed by atoms with Gasteiger partial charge in [0, 0.05) is 30.7 Å². The van der Waals surface area contributed by atoms with E-state index in [0.717, 1.165) is 4.88 Å². The zero-order valence-electron chi connectivity index (χ0n) is 11.0. The van der Waals surface area contributed by atoms with Crippen molar-refractivity contribution in [2.24, 2.45) is 5.84 Å². The van der Waals surface area contributed by atoms with E-state index in [0.29, 0.717) is 18.8 Å². The minimum absolute atomic E-state index is 0.175. The Balaban J connectivity index is 2.12. The van der Waals surface area contributed by atoms with Crippen LogP contribution in [0.1, 0.15) is 4.88 Å². The molecule has 0 aromatic carbocycles. The van der Waals surface area contributed by atoms with Gasteiger partial charge in [0.2, 0.25) is 10.0 Å². The van der Waals surface area contributed by atoms with Gasteiger partial charge in [0.15, 0.2) is 0 Å². The van der Waals surface area contributed by atoms with E-state index >= 15 is 0 Å². The molecule has 0 bridgehead atoms. The van der Waals surface area contributed by atoms with Crippen molar-refractivity contribution in [1.29, 1.82) is 0 Å². The maximum Gasteiger partial charge on any atom is 0.243 e. The van der Waals surface area contributed by atoms with E-state index in [1.165, 1.54) is 22.6 Å². The zero-order chi connectivity index (χ0) is 14.6. The number of nitrogen functional groups attached to an aromatic ring is 1. The molecule has 0 aliphatic heterocycles. The third-order valence-corrected chi connectivity index (χ3v) is 5.63. The smallest absolute Gasteiger partial charge is 0.243 e. The van der Waals surface area contributed by atoms with Crippen molar-refractivity contribution in [3.8, 4) is 0 Å². The van der Waals surface area contributed by atoms with Gasteiger partial charge >= 0.3 is 0 Å². The molecule has 0 saturated heterocycles. The molecule has 0 aliphatic carbocycles. The van der Waals surface area contributed by atoms with Gasteiger partial charge < -0.3 is 5.43 Å². The Bertz CT molecular complexity index is 656. The van der Waals surface area contributed by atoms with Crippen LogP contribution in [0.2, 0.25) is 0 Å². The first kappa shape index (κ1) is 14.9. The molecule has 6 nitrogen and oxygen atoms in total. The highest BCUT2D eigenvalue weighted by Crippen LogP contribution is 2.17. The van der Waals surface area contributed by atoms with Crippen LogP contribution in [0.5, 0.6) is 0 Å². The number of nitrogens with one attached hydrogen (secondary N) is 1. The molecule has 20 heavy (non-hydrogen) atoms. The number of likely N-dealkylation sites (N-methyl/N-ethyl adjacent to an activating group) is 1. The molecule has 2 rings (SSSR count). The molecule has 2 aromatic rings. The average Bonchev–Trinajstić information content (AvgIpc) is 2.98. The number of aromatic nitrogens is 1. The fraction of sp³-hybridized carbons (Fsp3) is 0.250. The SMILES string of the molecule is CN(CCc1cccs1)S(=O)(=O)c1ccnc(NN)c1. The summed E-state index contributed by atoms with van der Waals surface area (Å²) in [4.78, 5) is 5.23. The lowest BCUT2D eigenvalue weighted by Gasteiger charge is -2.17. The summed E-state index contributed by atoms with van der Waals surface area (Å²) < 4.78 is 26.1. The van der Waals surface area contributed by atoms with E-state index in [1.54, 1.807) is 18.4 Å². The second-order valence-electron chi connectivity index (χ2n) is 4.18. The van der Waals surface area contributed by atoms with Crippen LogP contribution in [0.15, 0.2) is 40.7 Å². The van der Waals surface area contributed by atoms with Crippen molar-refractivity contribution in [2.45, 2.75) is 11.3 Å². The third kappa shape index (κ3) is 3.34. The van der Waals surface area contributed by atoms with Crippen LogP contribution in [0.25, 0.3) is 0 Å². The van der Waals surface area contributed by atoms with E-state index < -0.39 is 10.0 Å². The first-order chi connectivity index (χ1) is 9.54. The van der Waals surface area contributed by atoms with Crippen molar-refractivity contribution >= 4 is 27.2 Å². The maximum atomic E-state index is 12.4. The standard InChI is InChI=1S/C12H16N4O2S2/c1-16(7-5-10-3-2-8-19-10)20(17,18)11-4-6-14-12(9-11)15-13/h2-4,6,8-9H,5,7,13H2,1H3,(H,14,15). The number of hydrazine groups is 1. The normalized spacial score (nSPS) is 11.8. The molecule has 3 N–H and O–H groups in total. The van der Waals surface area contributed by atoms with Crippen molar-refractivity contribution in [3.05, 3.63) is 40.7 Å². The van der Waals surface area contributed by atoms with Crippen molar-refractivity contribution in [2.75, 3.05) is 19.0 Å². The predicted octanol–water partition coefficient (Wildman–Crippen LogP) is 1.29. The van der Waals surface area contributed by atoms with Gasteiger partial charge in [-0.05, 0) is 23.9 Å². The van der Waals surface area contributed by atoms with Crippen molar-refractivity contribution in [3.63, 3.8) is 0 Å². The molecule has 0 aliphatic rings. The summed E-state index contributed by atoms with van der Waals surface area (Å²) in [7, 11) is -1.95. The average molecular weight is 312 g/mol. The number of pyridine rings is 1. The van der Waals surface area contributed by atoms with Crippen LogP contribution < -0.4 is 11.3 Å². The fourth-order valence-electron chi connectivity index (χ4n) is 1.67. The van der Waals surface area contributed by atoms with Crippen molar-refractivity contribution in [1.82, 2.24) is 9.29 Å². The highest BCUT2D eigenvalue weighted by Gasteiger charge is 2.21. The Labute approximate surface area is 122 Å². The van der Waals surface area contributed by atoms with Gasteiger partial charge in [-0.1, -0.05) is 6.07 Å². The summed E-state index contributed by atoms with van der Waals surface area (Å²) in [5.41, 5.74) is 2.34. The number of nitrogens with zero attached hydrogens (tertiary/aromatic N) is 2. The largest absolute Gasteiger partial charge is 0.308 e. The van der Waals surface area contributed by atoms with Gasteiger partial charge in [-0.25, -0.2) is 23.5 Å². The van der Waals surface area contributed by atoms with Crippen LogP contribution in [-0.2, 0) is 16.4 Å². The summed E-state index contributed by atoms with van der Waals surface area (Å²) in [5.74, 6) is 5.56. The lowest BCUT2D eigenvalue weighted by atomic mass is 10.3. The lowest BCUT2D eigenvalue weighted by Crippen LogP contribution is -2.29. The van der Waals surface area contributed by atoms with E-state index in [4.69, 9.17) is 5.84 Å². The van der Waals surface area contributed by atoms with Gasteiger partial charge in [0.05, 0.1) is 4.90 Å². The Hall–Kier alpha value is -1.48. The Morgan fingerprint density at radius 1 is 1.45 bits per heavy atom. The van der Waals surface area contributed by atoms with Gasteiger partial charge in [-0.2, -0.15) is 0 Å². The van der Waals surface area contributed by atoms with Crippen LogP contribution in [0.3, 0.4) is 0 Å². The molecule has 0 fully saturated rings. The second-order valence-corrected chi connectivity index (χ2v) is 7.25. The lowest BCUT2D eigenvalue weighted by molar-refractivity contribution is 0.473. The first-order valence-corrected chi connectivity index (χ1v) is 8.27. The first-order valence-electron chi connectivity index (χ1n) is 5.95. The molecule has 0 unspecified atom stereocenters. The number of hydrogen-bond donors (Lipinski definition) is 2.